The van der Waals surface area contributed by atoms with Crippen molar-refractivity contribution in [3.8, 4) is 0 Å². The topological polar surface area (TPSA) is 68.1 Å². The van der Waals surface area contributed by atoms with Gasteiger partial charge in [0.05, 0.1) is 22.2 Å². The van der Waals surface area contributed by atoms with Crippen LogP contribution in [-0.2, 0) is 4.79 Å². The van der Waals surface area contributed by atoms with Crippen LogP contribution in [0.1, 0.15) is 6.42 Å². The van der Waals surface area contributed by atoms with Crippen LogP contribution in [0, 0.1) is 0 Å². The Morgan fingerprint density at radius 3 is 2.57 bits per heavy atom. The van der Waals surface area contributed by atoms with Gasteiger partial charge in [0.2, 0.25) is 0 Å². The number of primary amides is 1. The van der Waals surface area contributed by atoms with E-state index in [1.807, 2.05) is 6.07 Å². The molecule has 4 N–H and O–H groups in total. The first kappa shape index (κ1) is 25.0. The summed E-state index contributed by atoms with van der Waals surface area (Å²) in [6.07, 6.45) is 2.82. The minimum Gasteiger partial charge on any atom is -1.00 e. The Hall–Kier alpha value is -1.22. The van der Waals surface area contributed by atoms with E-state index in [4.69, 9.17) is 17.3 Å². The molecular weight excluding hydrogens is 465 g/mol. The van der Waals surface area contributed by atoms with Gasteiger partial charge in [0, 0.05) is 24.1 Å². The third-order valence-corrected chi connectivity index (χ3v) is 6.72. The van der Waals surface area contributed by atoms with Gasteiger partial charge >= 0.3 is 0 Å². The van der Waals surface area contributed by atoms with Gasteiger partial charge in [0.25, 0.3) is 5.91 Å². The molecule has 0 saturated carbocycles. The average molecular weight is 491 g/mol. The zero-order valence-corrected chi connectivity index (χ0v) is 19.6. The maximum atomic E-state index is 11.1. The summed E-state index contributed by atoms with van der Waals surface area (Å²) in [6.45, 7) is 6.74. The Balaban J connectivity index is 0.00000160. The molecule has 0 spiro atoms. The van der Waals surface area contributed by atoms with E-state index in [2.05, 4.69) is 34.1 Å². The number of amides is 1. The molecule has 0 radical (unpaired) electrons. The summed E-state index contributed by atoms with van der Waals surface area (Å²) in [4.78, 5) is 23.3. The third kappa shape index (κ3) is 5.93. The van der Waals surface area contributed by atoms with Crippen molar-refractivity contribution in [2.24, 2.45) is 5.73 Å². The van der Waals surface area contributed by atoms with Crippen LogP contribution in [0.3, 0.4) is 0 Å². The molecule has 3 heterocycles. The first-order valence-electron chi connectivity index (χ1n) is 9.75. The number of piperazine rings is 1. The number of rotatable bonds is 6. The first-order valence-corrected chi connectivity index (χ1v) is 10.9. The molecule has 2 aliphatic rings. The van der Waals surface area contributed by atoms with E-state index >= 15 is 0 Å². The zero-order valence-electron chi connectivity index (χ0n) is 16.5. The molecule has 0 unspecified atom stereocenters. The fourth-order valence-corrected chi connectivity index (χ4v) is 5.36. The summed E-state index contributed by atoms with van der Waals surface area (Å²) in [5.41, 5.74) is 6.54. The highest BCUT2D eigenvalue weighted by molar-refractivity contribution is 7.99. The average Bonchev–Trinajstić information content (AvgIpc) is 2.68. The number of carbonyl (C=O) groups excluding carboxylic acids is 1. The zero-order chi connectivity index (χ0) is 19.5. The summed E-state index contributed by atoms with van der Waals surface area (Å²) in [5.74, 6) is 0.796. The molecule has 4 rings (SSSR count). The molecule has 30 heavy (non-hydrogen) atoms. The number of quaternary nitrogens is 2. The number of benzene rings is 1. The number of fused-ring (bicyclic) bond motifs is 2. The normalized spacial score (nSPS) is 19.7. The van der Waals surface area contributed by atoms with E-state index in [-0.39, 0.29) is 30.7 Å². The van der Waals surface area contributed by atoms with E-state index in [0.29, 0.717) is 11.6 Å². The SMILES string of the molecule is NC(=O)C[NH+]1CC[NH+](CCCN2c3ccccc3Sc3cc(Cl)cnc32)CC1.[Cl-].[Cl-]. The van der Waals surface area contributed by atoms with E-state index in [9.17, 15) is 4.79 Å². The molecule has 1 aromatic carbocycles. The Morgan fingerprint density at radius 2 is 1.83 bits per heavy atom. The van der Waals surface area contributed by atoms with Crippen molar-refractivity contribution in [1.29, 1.82) is 0 Å². The Bertz CT molecular complexity index is 864. The van der Waals surface area contributed by atoms with Crippen LogP contribution in [0.5, 0.6) is 0 Å². The second kappa shape index (κ2) is 11.4. The van der Waals surface area contributed by atoms with Gasteiger partial charge in [-0.1, -0.05) is 35.5 Å². The molecule has 0 atom stereocenters. The van der Waals surface area contributed by atoms with E-state index in [1.165, 1.54) is 15.5 Å². The summed E-state index contributed by atoms with van der Waals surface area (Å²) in [7, 11) is 0. The largest absolute Gasteiger partial charge is 1.00 e. The smallest absolute Gasteiger partial charge is 0.272 e. The molecule has 0 bridgehead atoms. The Kier molecular flexibility index (Phi) is 9.53. The maximum Gasteiger partial charge on any atom is 0.272 e. The van der Waals surface area contributed by atoms with Crippen LogP contribution in [-0.4, -0.2) is 56.7 Å². The molecule has 164 valence electrons. The highest BCUT2D eigenvalue weighted by Gasteiger charge is 2.26. The number of carbonyl (C=O) groups is 1. The minimum absolute atomic E-state index is 0. The van der Waals surface area contributed by atoms with Crippen molar-refractivity contribution in [1.82, 2.24) is 4.98 Å². The lowest BCUT2D eigenvalue weighted by molar-refractivity contribution is -1.01. The second-order valence-corrected chi connectivity index (χ2v) is 8.96. The Morgan fingerprint density at radius 1 is 1.13 bits per heavy atom. The maximum absolute atomic E-state index is 11.1. The molecule has 2 aromatic rings. The fourth-order valence-electron chi connectivity index (χ4n) is 4.03. The van der Waals surface area contributed by atoms with Gasteiger partial charge in [0.15, 0.2) is 6.54 Å². The summed E-state index contributed by atoms with van der Waals surface area (Å²) < 4.78 is 0. The first-order chi connectivity index (χ1) is 13.6. The van der Waals surface area contributed by atoms with Gasteiger partial charge in [-0.25, -0.2) is 4.98 Å². The molecule has 2 aliphatic heterocycles. The van der Waals surface area contributed by atoms with Crippen LogP contribution >= 0.6 is 23.4 Å². The van der Waals surface area contributed by atoms with Gasteiger partial charge in [0.1, 0.15) is 32.0 Å². The van der Waals surface area contributed by atoms with Crippen molar-refractivity contribution < 1.29 is 39.4 Å². The number of hydrogen-bond donors (Lipinski definition) is 3. The number of aromatic nitrogens is 1. The van der Waals surface area contributed by atoms with Gasteiger partial charge in [-0.3, -0.25) is 4.79 Å². The van der Waals surface area contributed by atoms with Crippen molar-refractivity contribution >= 4 is 40.8 Å². The summed E-state index contributed by atoms with van der Waals surface area (Å²) in [6, 6.07) is 10.5. The van der Waals surface area contributed by atoms with E-state index in [1.54, 1.807) is 22.9 Å². The predicted octanol–water partition coefficient (Wildman–Crippen LogP) is -6.00. The molecule has 1 saturated heterocycles. The minimum atomic E-state index is -0.202. The standard InChI is InChI=1S/C20H24ClN5OS.2ClH/c21-15-12-18-20(23-13-15)26(16-4-1-2-5-17(16)28-18)7-3-6-24-8-10-25(11-9-24)14-19(22)27;;/h1-2,4-5,12-13H,3,6-11,14H2,(H2,22,27);2*1H. The number of halogens is 3. The monoisotopic (exact) mass is 489 g/mol. The van der Waals surface area contributed by atoms with E-state index in [0.717, 1.165) is 56.4 Å². The lowest BCUT2D eigenvalue weighted by atomic mass is 10.2. The highest BCUT2D eigenvalue weighted by Crippen LogP contribution is 2.47. The lowest BCUT2D eigenvalue weighted by Gasteiger charge is -2.33. The van der Waals surface area contributed by atoms with Crippen LogP contribution in [0.15, 0.2) is 46.3 Å². The lowest BCUT2D eigenvalue weighted by Crippen LogP contribution is -3.28. The third-order valence-electron chi connectivity index (χ3n) is 5.43. The molecule has 6 nitrogen and oxygen atoms in total. The number of hydrogen-bond acceptors (Lipinski definition) is 4. The van der Waals surface area contributed by atoms with Crippen LogP contribution < -0.4 is 45.2 Å². The predicted molar refractivity (Wildman–Crippen MR) is 112 cm³/mol. The van der Waals surface area contributed by atoms with Crippen molar-refractivity contribution in [2.75, 3.05) is 50.7 Å². The van der Waals surface area contributed by atoms with Crippen molar-refractivity contribution in [3.63, 3.8) is 0 Å². The van der Waals surface area contributed by atoms with Crippen molar-refractivity contribution in [2.45, 2.75) is 16.2 Å². The van der Waals surface area contributed by atoms with Crippen LogP contribution in [0.4, 0.5) is 11.5 Å². The molecule has 1 fully saturated rings. The quantitative estimate of drug-likeness (QED) is 0.377. The van der Waals surface area contributed by atoms with Crippen LogP contribution in [0.25, 0.3) is 0 Å². The van der Waals surface area contributed by atoms with E-state index < -0.39 is 0 Å². The van der Waals surface area contributed by atoms with Gasteiger partial charge < -0.3 is 45.2 Å². The fraction of sp³-hybridized carbons (Fsp3) is 0.400. The number of nitrogens with two attached hydrogens (primary N) is 1. The molecule has 10 heteroatoms. The number of nitrogens with zero attached hydrogens (tertiary/aromatic N) is 2. The molecule has 1 amide bonds. The number of nitrogens with one attached hydrogen (secondary N) is 2. The number of pyridine rings is 1. The second-order valence-electron chi connectivity index (χ2n) is 7.44. The van der Waals surface area contributed by atoms with Gasteiger partial charge in [-0.2, -0.15) is 0 Å². The van der Waals surface area contributed by atoms with Crippen LogP contribution in [0.2, 0.25) is 5.02 Å². The summed E-state index contributed by atoms with van der Waals surface area (Å²) >= 11 is 7.90. The summed E-state index contributed by atoms with van der Waals surface area (Å²) in [5, 5.41) is 0.673. The molecule has 0 aliphatic carbocycles. The Labute approximate surface area is 198 Å². The van der Waals surface area contributed by atoms with Gasteiger partial charge in [-0.05, 0) is 18.2 Å². The number of anilines is 2. The number of para-hydroxylation sites is 1. The molecule has 1 aromatic heterocycles. The van der Waals surface area contributed by atoms with Gasteiger partial charge in [-0.15, -0.1) is 0 Å². The molecular formula is C20H26Cl3N5OS. The van der Waals surface area contributed by atoms with Crippen molar-refractivity contribution in [3.05, 3.63) is 41.6 Å². The highest BCUT2D eigenvalue weighted by atomic mass is 35.5.